The van der Waals surface area contributed by atoms with Crippen LogP contribution in [0.5, 0.6) is 0 Å². The molecule has 0 aliphatic heterocycles. The minimum absolute atomic E-state index is 0.130. The zero-order valence-electron chi connectivity index (χ0n) is 32.1. The van der Waals surface area contributed by atoms with Gasteiger partial charge in [-0.1, -0.05) is 147 Å². The number of thiophene rings is 2. The summed E-state index contributed by atoms with van der Waals surface area (Å²) in [5, 5.41) is 3.42. The molecule has 0 atom stereocenters. The second-order valence-electron chi connectivity index (χ2n) is 15.6. The monoisotopic (exact) mass is 791 g/mol. The molecule has 0 saturated heterocycles. The normalized spacial score (nSPS) is 13.1. The number of hydrogen-bond acceptors (Lipinski definition) is 7. The number of fused-ring (bicyclic) bond motifs is 9. The van der Waals surface area contributed by atoms with Gasteiger partial charge in [0.25, 0.3) is 0 Å². The molecule has 11 aromatic rings. The Morgan fingerprint density at radius 3 is 1.80 bits per heavy atom. The highest BCUT2D eigenvalue weighted by Crippen LogP contribution is 2.50. The Hall–Kier alpha value is -6.93. The van der Waals surface area contributed by atoms with E-state index in [9.17, 15) is 0 Å². The van der Waals surface area contributed by atoms with Crippen LogP contribution in [0.15, 0.2) is 164 Å². The second-order valence-corrected chi connectivity index (χ2v) is 17.8. The van der Waals surface area contributed by atoms with Crippen LogP contribution in [0.3, 0.4) is 0 Å². The molecule has 59 heavy (non-hydrogen) atoms. The maximum absolute atomic E-state index is 5.47. The molecular weight excluding hydrogens is 759 g/mol. The Kier molecular flexibility index (Phi) is 7.55. The summed E-state index contributed by atoms with van der Waals surface area (Å²) in [6, 6.07) is 57.6. The van der Waals surface area contributed by atoms with Crippen molar-refractivity contribution < 1.29 is 0 Å². The summed E-state index contributed by atoms with van der Waals surface area (Å²) in [6.07, 6.45) is 0. The summed E-state index contributed by atoms with van der Waals surface area (Å²) in [5.41, 5.74) is 12.0. The third-order valence-corrected chi connectivity index (χ3v) is 14.1. The molecule has 4 aromatic heterocycles. The Balaban J connectivity index is 1.07. The van der Waals surface area contributed by atoms with Gasteiger partial charge in [-0.2, -0.15) is 0 Å². The van der Waals surface area contributed by atoms with Crippen molar-refractivity contribution in [2.45, 2.75) is 19.3 Å². The van der Waals surface area contributed by atoms with E-state index in [1.807, 2.05) is 60.7 Å². The number of aromatic nitrogens is 5. The van der Waals surface area contributed by atoms with Crippen LogP contribution in [0.2, 0.25) is 0 Å². The van der Waals surface area contributed by atoms with Crippen LogP contribution >= 0.6 is 22.7 Å². The molecule has 0 saturated carbocycles. The SMILES string of the molecule is CC1(C)c2ccccc2-c2ccc(-c3nc(-c4ccc5sc6cccc(-c7nc(-c8ccccc8)nc(-c8ccccc8)n7)c6c5c4)c4sc5ccccc5c4n3)cc21. The Labute approximate surface area is 348 Å². The van der Waals surface area contributed by atoms with Gasteiger partial charge in [0, 0.05) is 63.5 Å². The van der Waals surface area contributed by atoms with Gasteiger partial charge in [-0.15, -0.1) is 22.7 Å². The minimum atomic E-state index is -0.130. The third kappa shape index (κ3) is 5.39. The molecule has 0 unspecified atom stereocenters. The molecule has 1 aliphatic rings. The van der Waals surface area contributed by atoms with E-state index >= 15 is 0 Å². The van der Waals surface area contributed by atoms with Crippen molar-refractivity contribution >= 4 is 63.1 Å². The van der Waals surface area contributed by atoms with Crippen molar-refractivity contribution in [2.24, 2.45) is 0 Å². The molecule has 278 valence electrons. The smallest absolute Gasteiger partial charge is 0.164 e. The standard InChI is InChI=1S/C52H33N5S2/c1-52(2)39-21-11-9-18-34(39)35-26-24-33(29-40(35)52)50-53-45(47-46(54-50)36-19-10-12-22-41(36)59-47)32-25-27-42-38(28-32)44-37(20-13-23-43(44)58-42)51-56-48(30-14-5-3-6-15-30)55-49(57-51)31-16-7-4-8-17-31/h3-29H,1-2H3. The first-order valence-corrected chi connectivity index (χ1v) is 21.4. The minimum Gasteiger partial charge on any atom is -0.226 e. The molecule has 0 N–H and O–H groups in total. The van der Waals surface area contributed by atoms with Crippen LogP contribution < -0.4 is 0 Å². The lowest BCUT2D eigenvalue weighted by Crippen LogP contribution is -2.15. The molecule has 0 bridgehead atoms. The van der Waals surface area contributed by atoms with E-state index in [0.717, 1.165) is 65.7 Å². The second kappa shape index (κ2) is 13.0. The fourth-order valence-corrected chi connectivity index (χ4v) is 11.1. The fourth-order valence-electron chi connectivity index (χ4n) is 8.85. The van der Waals surface area contributed by atoms with Crippen molar-refractivity contribution in [3.63, 3.8) is 0 Å². The van der Waals surface area contributed by atoms with Crippen molar-refractivity contribution in [1.82, 2.24) is 24.9 Å². The van der Waals surface area contributed by atoms with E-state index < -0.39 is 0 Å². The predicted octanol–water partition coefficient (Wildman–Crippen LogP) is 14.0. The molecule has 7 heteroatoms. The Morgan fingerprint density at radius 1 is 0.390 bits per heavy atom. The number of hydrogen-bond donors (Lipinski definition) is 0. The summed E-state index contributed by atoms with van der Waals surface area (Å²) < 4.78 is 4.65. The first kappa shape index (κ1) is 34.1. The quantitative estimate of drug-likeness (QED) is 0.174. The lowest BCUT2D eigenvalue weighted by molar-refractivity contribution is 0.660. The van der Waals surface area contributed by atoms with Crippen LogP contribution in [0.4, 0.5) is 0 Å². The molecule has 5 nitrogen and oxygen atoms in total. The van der Waals surface area contributed by atoms with Gasteiger partial charge in [0.1, 0.15) is 0 Å². The largest absolute Gasteiger partial charge is 0.226 e. The van der Waals surface area contributed by atoms with Gasteiger partial charge in [0.05, 0.1) is 15.9 Å². The van der Waals surface area contributed by atoms with Crippen molar-refractivity contribution in [3.8, 4) is 67.9 Å². The van der Waals surface area contributed by atoms with E-state index in [1.54, 1.807) is 22.7 Å². The van der Waals surface area contributed by atoms with E-state index in [1.165, 1.54) is 36.4 Å². The lowest BCUT2D eigenvalue weighted by Gasteiger charge is -2.21. The van der Waals surface area contributed by atoms with Gasteiger partial charge < -0.3 is 0 Å². The molecule has 0 amide bonds. The Bertz CT molecular complexity index is 3420. The molecule has 0 fully saturated rings. The van der Waals surface area contributed by atoms with Gasteiger partial charge in [0.2, 0.25) is 0 Å². The van der Waals surface area contributed by atoms with E-state index in [2.05, 4.69) is 117 Å². The molecular formula is C52H33N5S2. The highest BCUT2D eigenvalue weighted by atomic mass is 32.1. The van der Waals surface area contributed by atoms with Crippen molar-refractivity contribution in [2.75, 3.05) is 0 Å². The average molecular weight is 792 g/mol. The van der Waals surface area contributed by atoms with Crippen LogP contribution in [0.25, 0.3) is 108 Å². The molecule has 0 spiro atoms. The number of benzene rings is 7. The van der Waals surface area contributed by atoms with Gasteiger partial charge in [-0.3, -0.25) is 0 Å². The van der Waals surface area contributed by atoms with E-state index in [-0.39, 0.29) is 5.41 Å². The maximum atomic E-state index is 5.47. The van der Waals surface area contributed by atoms with Crippen molar-refractivity contribution in [1.29, 1.82) is 0 Å². The number of rotatable bonds is 5. The van der Waals surface area contributed by atoms with Gasteiger partial charge >= 0.3 is 0 Å². The van der Waals surface area contributed by atoms with Crippen LogP contribution in [0.1, 0.15) is 25.0 Å². The highest BCUT2D eigenvalue weighted by molar-refractivity contribution is 7.26. The van der Waals surface area contributed by atoms with Gasteiger partial charge in [-0.05, 0) is 52.6 Å². The average Bonchev–Trinajstić information content (AvgIpc) is 3.94. The van der Waals surface area contributed by atoms with Crippen molar-refractivity contribution in [3.05, 3.63) is 175 Å². The van der Waals surface area contributed by atoms with Gasteiger partial charge in [0.15, 0.2) is 23.3 Å². The van der Waals surface area contributed by atoms with Gasteiger partial charge in [-0.25, -0.2) is 24.9 Å². The molecule has 4 heterocycles. The number of nitrogens with zero attached hydrogens (tertiary/aromatic N) is 5. The first-order valence-electron chi connectivity index (χ1n) is 19.7. The zero-order valence-corrected chi connectivity index (χ0v) is 33.8. The summed E-state index contributed by atoms with van der Waals surface area (Å²) >= 11 is 3.55. The fraction of sp³-hybridized carbons (Fsp3) is 0.0577. The van der Waals surface area contributed by atoms with Crippen LogP contribution in [0, 0.1) is 0 Å². The molecule has 12 rings (SSSR count). The lowest BCUT2D eigenvalue weighted by atomic mass is 9.82. The highest BCUT2D eigenvalue weighted by Gasteiger charge is 2.35. The summed E-state index contributed by atoms with van der Waals surface area (Å²) in [6.45, 7) is 4.64. The summed E-state index contributed by atoms with van der Waals surface area (Å²) in [7, 11) is 0. The summed E-state index contributed by atoms with van der Waals surface area (Å²) in [5.74, 6) is 2.66. The topological polar surface area (TPSA) is 64.5 Å². The predicted molar refractivity (Wildman–Crippen MR) is 246 cm³/mol. The summed E-state index contributed by atoms with van der Waals surface area (Å²) in [4.78, 5) is 26.1. The molecule has 1 aliphatic carbocycles. The van der Waals surface area contributed by atoms with Crippen LogP contribution in [-0.4, -0.2) is 24.9 Å². The third-order valence-electron chi connectivity index (χ3n) is 11.8. The zero-order chi connectivity index (χ0) is 39.2. The molecule has 0 radical (unpaired) electrons. The van der Waals surface area contributed by atoms with E-state index in [0.29, 0.717) is 17.5 Å². The first-order chi connectivity index (χ1) is 29.0. The van der Waals surface area contributed by atoms with Crippen LogP contribution in [-0.2, 0) is 5.41 Å². The maximum Gasteiger partial charge on any atom is 0.164 e. The Morgan fingerprint density at radius 2 is 1.00 bits per heavy atom. The van der Waals surface area contributed by atoms with E-state index in [4.69, 9.17) is 24.9 Å². The molecule has 7 aromatic carbocycles.